The summed E-state index contributed by atoms with van der Waals surface area (Å²) in [6.45, 7) is 0.582. The summed E-state index contributed by atoms with van der Waals surface area (Å²) in [6, 6.07) is 32.5. The van der Waals surface area contributed by atoms with Crippen LogP contribution in [0.2, 0.25) is 0 Å². The van der Waals surface area contributed by atoms with Gasteiger partial charge in [0.1, 0.15) is 13.2 Å². The van der Waals surface area contributed by atoms with Gasteiger partial charge in [-0.1, -0.05) is 91.0 Å². The van der Waals surface area contributed by atoms with Gasteiger partial charge in [-0.05, 0) is 41.3 Å². The number of hydrogen-bond donors (Lipinski definition) is 1. The zero-order chi connectivity index (χ0) is 27.5. The minimum absolute atomic E-state index is 0.0769. The van der Waals surface area contributed by atoms with E-state index >= 15 is 0 Å². The molecular formula is C32H30N2O5. The van der Waals surface area contributed by atoms with E-state index in [1.807, 2.05) is 91.0 Å². The van der Waals surface area contributed by atoms with Crippen molar-refractivity contribution in [3.8, 4) is 0 Å². The van der Waals surface area contributed by atoms with Gasteiger partial charge in [0, 0.05) is 19.3 Å². The third-order valence-corrected chi connectivity index (χ3v) is 6.04. The largest absolute Gasteiger partial charge is 0.457 e. The summed E-state index contributed by atoms with van der Waals surface area (Å²) < 4.78 is 11.0. The predicted molar refractivity (Wildman–Crippen MR) is 150 cm³/mol. The Labute approximate surface area is 228 Å². The molecule has 0 spiro atoms. The van der Waals surface area contributed by atoms with Crippen LogP contribution in [0.25, 0.3) is 0 Å². The molecule has 0 fully saturated rings. The Balaban J connectivity index is 1.49. The number of carbonyl (C=O) groups is 3. The van der Waals surface area contributed by atoms with Crippen LogP contribution < -0.4 is 10.2 Å². The third-order valence-electron chi connectivity index (χ3n) is 6.04. The molecule has 4 aromatic rings. The van der Waals surface area contributed by atoms with Crippen LogP contribution in [0, 0.1) is 0 Å². The summed E-state index contributed by atoms with van der Waals surface area (Å²) in [5.41, 5.74) is 3.40. The smallest absolute Gasteiger partial charge is 0.338 e. The van der Waals surface area contributed by atoms with Gasteiger partial charge in [-0.3, -0.25) is 4.90 Å². The lowest BCUT2D eigenvalue weighted by Crippen LogP contribution is -2.38. The minimum atomic E-state index is -0.615. The number of esters is 2. The molecule has 198 valence electrons. The second kappa shape index (κ2) is 13.6. The predicted octanol–water partition coefficient (Wildman–Crippen LogP) is 5.79. The Bertz CT molecular complexity index is 1320. The molecule has 0 aliphatic rings. The van der Waals surface area contributed by atoms with Gasteiger partial charge < -0.3 is 14.8 Å². The van der Waals surface area contributed by atoms with Crippen LogP contribution in [-0.2, 0) is 29.1 Å². The van der Waals surface area contributed by atoms with Crippen molar-refractivity contribution in [1.29, 1.82) is 0 Å². The van der Waals surface area contributed by atoms with Crippen molar-refractivity contribution in [3.05, 3.63) is 137 Å². The Morgan fingerprint density at radius 3 is 1.54 bits per heavy atom. The molecule has 0 aliphatic heterocycles. The maximum atomic E-state index is 13.0. The van der Waals surface area contributed by atoms with Crippen molar-refractivity contribution in [1.82, 2.24) is 5.32 Å². The SMILES string of the molecule is CN(C(=O)NCCc1ccccc1)c1cc(C(=O)OCc2ccccc2)cc(C(=O)OCc2ccccc2)c1. The van der Waals surface area contributed by atoms with Gasteiger partial charge in [0.25, 0.3) is 0 Å². The van der Waals surface area contributed by atoms with Crippen molar-refractivity contribution >= 4 is 23.7 Å². The van der Waals surface area contributed by atoms with E-state index in [0.29, 0.717) is 18.7 Å². The molecule has 0 unspecified atom stereocenters. The van der Waals surface area contributed by atoms with E-state index in [0.717, 1.165) is 16.7 Å². The first-order valence-electron chi connectivity index (χ1n) is 12.6. The molecule has 0 saturated heterocycles. The van der Waals surface area contributed by atoms with Gasteiger partial charge in [-0.15, -0.1) is 0 Å². The molecule has 7 heteroatoms. The minimum Gasteiger partial charge on any atom is -0.457 e. The number of nitrogens with one attached hydrogen (secondary N) is 1. The van der Waals surface area contributed by atoms with Gasteiger partial charge in [0.05, 0.1) is 11.1 Å². The second-order valence-corrected chi connectivity index (χ2v) is 8.92. The highest BCUT2D eigenvalue weighted by molar-refractivity contribution is 5.99. The van der Waals surface area contributed by atoms with E-state index in [9.17, 15) is 14.4 Å². The fourth-order valence-corrected chi connectivity index (χ4v) is 3.85. The number of rotatable bonds is 10. The van der Waals surface area contributed by atoms with E-state index in [1.165, 1.54) is 23.1 Å². The second-order valence-electron chi connectivity index (χ2n) is 8.92. The summed E-state index contributed by atoms with van der Waals surface area (Å²) in [5, 5.41) is 2.87. The van der Waals surface area contributed by atoms with Crippen molar-refractivity contribution in [2.75, 3.05) is 18.5 Å². The first-order valence-corrected chi connectivity index (χ1v) is 12.6. The molecule has 0 radical (unpaired) electrons. The first kappa shape index (κ1) is 27.1. The Hall–Kier alpha value is -4.91. The average Bonchev–Trinajstić information content (AvgIpc) is 2.99. The van der Waals surface area contributed by atoms with E-state index in [1.54, 1.807) is 7.05 Å². The Kier molecular flexibility index (Phi) is 9.45. The number of carbonyl (C=O) groups excluding carboxylic acids is 3. The van der Waals surface area contributed by atoms with Crippen LogP contribution >= 0.6 is 0 Å². The molecule has 0 atom stereocenters. The molecule has 4 aromatic carbocycles. The standard InChI is InChI=1S/C32H30N2O5/c1-34(32(37)33-18-17-24-11-5-2-6-12-24)29-20-27(30(35)38-22-25-13-7-3-8-14-25)19-28(21-29)31(36)39-23-26-15-9-4-10-16-26/h2-16,19-21H,17-18,22-23H2,1H3,(H,33,37). The number of urea groups is 1. The van der Waals surface area contributed by atoms with E-state index in [-0.39, 0.29) is 30.4 Å². The van der Waals surface area contributed by atoms with Gasteiger partial charge in [-0.25, -0.2) is 14.4 Å². The Morgan fingerprint density at radius 1 is 0.641 bits per heavy atom. The topological polar surface area (TPSA) is 84.9 Å². The summed E-state index contributed by atoms with van der Waals surface area (Å²) in [5.74, 6) is -1.23. The lowest BCUT2D eigenvalue weighted by Gasteiger charge is -2.20. The molecular weight excluding hydrogens is 492 g/mol. The summed E-state index contributed by atoms with van der Waals surface area (Å²) in [6.07, 6.45) is 0.670. The van der Waals surface area contributed by atoms with Gasteiger partial charge in [0.2, 0.25) is 0 Å². The Morgan fingerprint density at radius 2 is 1.08 bits per heavy atom. The average molecular weight is 523 g/mol. The molecule has 0 aliphatic carbocycles. The van der Waals surface area contributed by atoms with Crippen molar-refractivity contribution in [2.24, 2.45) is 0 Å². The molecule has 2 amide bonds. The zero-order valence-electron chi connectivity index (χ0n) is 21.7. The number of benzene rings is 4. The number of hydrogen-bond acceptors (Lipinski definition) is 5. The number of anilines is 1. The van der Waals surface area contributed by atoms with Crippen LogP contribution in [0.4, 0.5) is 10.5 Å². The zero-order valence-corrected chi connectivity index (χ0v) is 21.7. The lowest BCUT2D eigenvalue weighted by molar-refractivity contribution is 0.0470. The van der Waals surface area contributed by atoms with Crippen LogP contribution in [-0.4, -0.2) is 31.6 Å². The summed E-state index contributed by atoms with van der Waals surface area (Å²) >= 11 is 0. The summed E-state index contributed by atoms with van der Waals surface area (Å²) in [7, 11) is 1.57. The van der Waals surface area contributed by atoms with Crippen molar-refractivity contribution in [2.45, 2.75) is 19.6 Å². The van der Waals surface area contributed by atoms with Crippen molar-refractivity contribution in [3.63, 3.8) is 0 Å². The van der Waals surface area contributed by atoms with E-state index < -0.39 is 11.9 Å². The molecule has 0 saturated carbocycles. The van der Waals surface area contributed by atoms with Crippen LogP contribution in [0.3, 0.4) is 0 Å². The monoisotopic (exact) mass is 522 g/mol. The van der Waals surface area contributed by atoms with Gasteiger partial charge >= 0.3 is 18.0 Å². The molecule has 0 aromatic heterocycles. The number of amides is 2. The van der Waals surface area contributed by atoms with Crippen LogP contribution in [0.15, 0.2) is 109 Å². The normalized spacial score (nSPS) is 10.4. The molecule has 39 heavy (non-hydrogen) atoms. The van der Waals surface area contributed by atoms with E-state index in [2.05, 4.69) is 5.32 Å². The molecule has 0 bridgehead atoms. The number of ether oxygens (including phenoxy) is 2. The molecule has 7 nitrogen and oxygen atoms in total. The highest BCUT2D eigenvalue weighted by atomic mass is 16.5. The highest BCUT2D eigenvalue weighted by Crippen LogP contribution is 2.21. The van der Waals surface area contributed by atoms with E-state index in [4.69, 9.17) is 9.47 Å². The fourth-order valence-electron chi connectivity index (χ4n) is 3.85. The fraction of sp³-hybridized carbons (Fsp3) is 0.156. The van der Waals surface area contributed by atoms with Crippen LogP contribution in [0.5, 0.6) is 0 Å². The van der Waals surface area contributed by atoms with Crippen LogP contribution in [0.1, 0.15) is 37.4 Å². The molecule has 0 heterocycles. The lowest BCUT2D eigenvalue weighted by atomic mass is 10.1. The van der Waals surface area contributed by atoms with Gasteiger partial charge in [0.15, 0.2) is 0 Å². The first-order chi connectivity index (χ1) is 19.0. The highest BCUT2D eigenvalue weighted by Gasteiger charge is 2.19. The van der Waals surface area contributed by atoms with Crippen molar-refractivity contribution < 1.29 is 23.9 Å². The maximum absolute atomic E-state index is 13.0. The maximum Gasteiger partial charge on any atom is 0.338 e. The quantitative estimate of drug-likeness (QED) is 0.267. The van der Waals surface area contributed by atoms with Gasteiger partial charge in [-0.2, -0.15) is 0 Å². The molecule has 1 N–H and O–H groups in total. The number of nitrogens with zero attached hydrogens (tertiary/aromatic N) is 1. The molecule has 4 rings (SSSR count). The summed E-state index contributed by atoms with van der Waals surface area (Å²) in [4.78, 5) is 40.2. The third kappa shape index (κ3) is 8.04.